The van der Waals surface area contributed by atoms with Crippen LogP contribution >= 0.6 is 0 Å². The van der Waals surface area contributed by atoms with Gasteiger partial charge in [0.2, 0.25) is 0 Å². The highest BCUT2D eigenvalue weighted by Crippen LogP contribution is 2.27. The molecule has 0 aliphatic carbocycles. The lowest BCUT2D eigenvalue weighted by molar-refractivity contribution is 0.111. The quantitative estimate of drug-likeness (QED) is 0.705. The zero-order valence-corrected chi connectivity index (χ0v) is 17.1. The Morgan fingerprint density at radius 2 is 1.90 bits per heavy atom. The molecule has 29 heavy (non-hydrogen) atoms. The second kappa shape index (κ2) is 8.55. The van der Waals surface area contributed by atoms with E-state index in [1.165, 1.54) is 5.56 Å². The Bertz CT molecular complexity index is 972. The van der Waals surface area contributed by atoms with Crippen molar-refractivity contribution >= 4 is 11.5 Å². The minimum Gasteiger partial charge on any atom is -0.490 e. The number of ether oxygens (including phenoxy) is 1. The number of rotatable bonds is 5. The molecule has 0 atom stereocenters. The highest BCUT2D eigenvalue weighted by Gasteiger charge is 2.23. The van der Waals surface area contributed by atoms with Crippen LogP contribution in [0.2, 0.25) is 0 Å². The molecule has 3 aromatic rings. The van der Waals surface area contributed by atoms with E-state index in [2.05, 4.69) is 48.5 Å². The van der Waals surface area contributed by atoms with Gasteiger partial charge in [0.1, 0.15) is 11.9 Å². The molecule has 6 heteroatoms. The summed E-state index contributed by atoms with van der Waals surface area (Å²) >= 11 is 0. The van der Waals surface area contributed by atoms with Gasteiger partial charge < -0.3 is 15.0 Å². The number of nitrogens with one attached hydrogen (secondary N) is 1. The first-order valence-corrected chi connectivity index (χ1v) is 10.4. The molecule has 1 aliphatic rings. The van der Waals surface area contributed by atoms with Crippen molar-refractivity contribution < 1.29 is 9.53 Å². The molecule has 3 heterocycles. The first kappa shape index (κ1) is 19.3. The molecule has 0 unspecified atom stereocenters. The Labute approximate surface area is 171 Å². The van der Waals surface area contributed by atoms with Gasteiger partial charge in [0, 0.05) is 49.9 Å². The molecule has 1 fully saturated rings. The van der Waals surface area contributed by atoms with Gasteiger partial charge in [0.05, 0.1) is 5.52 Å². The summed E-state index contributed by atoms with van der Waals surface area (Å²) in [4.78, 5) is 13.9. The van der Waals surface area contributed by atoms with Crippen molar-refractivity contribution in [1.82, 2.24) is 19.8 Å². The highest BCUT2D eigenvalue weighted by molar-refractivity contribution is 5.74. The lowest BCUT2D eigenvalue weighted by Gasteiger charge is -2.32. The number of hydrogen-bond donors (Lipinski definition) is 1. The normalized spacial score (nSPS) is 14.9. The zero-order chi connectivity index (χ0) is 20.2. The van der Waals surface area contributed by atoms with Crippen LogP contribution in [0.1, 0.15) is 31.9 Å². The monoisotopic (exact) mass is 392 g/mol. The summed E-state index contributed by atoms with van der Waals surface area (Å²) in [5, 5.41) is 7.34. The summed E-state index contributed by atoms with van der Waals surface area (Å²) in [6.45, 7) is 6.35. The van der Waals surface area contributed by atoms with E-state index in [-0.39, 0.29) is 12.1 Å². The van der Waals surface area contributed by atoms with Gasteiger partial charge in [-0.05, 0) is 43.2 Å². The Kier molecular flexibility index (Phi) is 5.69. The van der Waals surface area contributed by atoms with Crippen LogP contribution in [0.3, 0.4) is 0 Å². The molecule has 0 bridgehead atoms. The average Bonchev–Trinajstić information content (AvgIpc) is 3.23. The van der Waals surface area contributed by atoms with E-state index in [9.17, 15) is 4.79 Å². The van der Waals surface area contributed by atoms with Gasteiger partial charge in [0.15, 0.2) is 0 Å². The third-order valence-electron chi connectivity index (χ3n) is 5.52. The Morgan fingerprint density at radius 3 is 2.62 bits per heavy atom. The summed E-state index contributed by atoms with van der Waals surface area (Å²) in [5.41, 5.74) is 4.53. The molecule has 0 radical (unpaired) electrons. The third kappa shape index (κ3) is 4.21. The molecule has 1 saturated heterocycles. The molecule has 4 rings (SSSR count). The van der Waals surface area contributed by atoms with Gasteiger partial charge in [0.25, 0.3) is 0 Å². The van der Waals surface area contributed by atoms with Crippen LogP contribution in [-0.2, 0) is 0 Å². The minimum absolute atomic E-state index is 0.0409. The number of aromatic nitrogens is 2. The maximum Gasteiger partial charge on any atom is 0.317 e. The second-order valence-electron chi connectivity index (χ2n) is 7.56. The summed E-state index contributed by atoms with van der Waals surface area (Å²) in [6, 6.07) is 14.5. The lowest BCUT2D eigenvalue weighted by Crippen LogP contribution is -2.46. The molecule has 0 saturated carbocycles. The predicted octanol–water partition coefficient (Wildman–Crippen LogP) is 4.27. The SMILES string of the molecule is CCCNC(=O)N1CCC(Oc2ccc(-c3ccc4ccnn4c3C)cc2)CC1. The topological polar surface area (TPSA) is 58.9 Å². The van der Waals surface area contributed by atoms with E-state index in [4.69, 9.17) is 4.74 Å². The number of carbonyl (C=O) groups excluding carboxylic acids is 1. The summed E-state index contributed by atoms with van der Waals surface area (Å²) in [6.07, 6.45) is 4.64. The van der Waals surface area contributed by atoms with Crippen molar-refractivity contribution in [2.24, 2.45) is 0 Å². The smallest absolute Gasteiger partial charge is 0.317 e. The van der Waals surface area contributed by atoms with Gasteiger partial charge in [-0.1, -0.05) is 25.1 Å². The number of nitrogens with zero attached hydrogens (tertiary/aromatic N) is 3. The molecule has 152 valence electrons. The van der Waals surface area contributed by atoms with Crippen molar-refractivity contribution in [3.63, 3.8) is 0 Å². The predicted molar refractivity (Wildman–Crippen MR) is 114 cm³/mol. The number of hydrogen-bond acceptors (Lipinski definition) is 3. The molecule has 2 amide bonds. The molecule has 1 aromatic carbocycles. The van der Waals surface area contributed by atoms with Crippen LogP contribution in [-0.4, -0.2) is 46.3 Å². The Hall–Kier alpha value is -3.02. The van der Waals surface area contributed by atoms with E-state index >= 15 is 0 Å². The van der Waals surface area contributed by atoms with Crippen molar-refractivity contribution in [1.29, 1.82) is 0 Å². The van der Waals surface area contributed by atoms with E-state index in [0.717, 1.165) is 61.4 Å². The number of amides is 2. The first-order valence-electron chi connectivity index (χ1n) is 10.4. The Morgan fingerprint density at radius 1 is 1.14 bits per heavy atom. The lowest BCUT2D eigenvalue weighted by atomic mass is 10.0. The minimum atomic E-state index is 0.0409. The molecule has 2 aromatic heterocycles. The van der Waals surface area contributed by atoms with Gasteiger partial charge in [-0.2, -0.15) is 5.10 Å². The number of benzene rings is 1. The highest BCUT2D eigenvalue weighted by atomic mass is 16.5. The van der Waals surface area contributed by atoms with Crippen molar-refractivity contribution in [2.45, 2.75) is 39.2 Å². The summed E-state index contributed by atoms with van der Waals surface area (Å²) < 4.78 is 8.13. The number of fused-ring (bicyclic) bond motifs is 1. The van der Waals surface area contributed by atoms with E-state index in [0.29, 0.717) is 0 Å². The number of urea groups is 1. The zero-order valence-electron chi connectivity index (χ0n) is 17.1. The molecule has 6 nitrogen and oxygen atoms in total. The molecular formula is C23H28N4O2. The van der Waals surface area contributed by atoms with Crippen LogP contribution in [0.4, 0.5) is 4.79 Å². The average molecular weight is 393 g/mol. The van der Waals surface area contributed by atoms with Gasteiger partial charge in [-0.25, -0.2) is 9.31 Å². The summed E-state index contributed by atoms with van der Waals surface area (Å²) in [7, 11) is 0. The van der Waals surface area contributed by atoms with Crippen molar-refractivity contribution in [3.8, 4) is 16.9 Å². The molecule has 1 aliphatic heterocycles. The fraction of sp³-hybridized carbons (Fsp3) is 0.391. The van der Waals surface area contributed by atoms with Crippen molar-refractivity contribution in [3.05, 3.63) is 54.4 Å². The molecular weight excluding hydrogens is 364 g/mol. The molecule has 1 N–H and O–H groups in total. The van der Waals surface area contributed by atoms with Gasteiger partial charge in [-0.15, -0.1) is 0 Å². The fourth-order valence-electron chi connectivity index (χ4n) is 3.85. The van der Waals surface area contributed by atoms with E-state index in [1.807, 2.05) is 33.8 Å². The van der Waals surface area contributed by atoms with Crippen LogP contribution in [0.5, 0.6) is 5.75 Å². The third-order valence-corrected chi connectivity index (χ3v) is 5.52. The van der Waals surface area contributed by atoms with Crippen LogP contribution < -0.4 is 10.1 Å². The number of likely N-dealkylation sites (tertiary alicyclic amines) is 1. The number of carbonyl (C=O) groups is 1. The van der Waals surface area contributed by atoms with E-state index < -0.39 is 0 Å². The largest absolute Gasteiger partial charge is 0.490 e. The number of aryl methyl sites for hydroxylation is 1. The first-order chi connectivity index (χ1) is 14.2. The maximum atomic E-state index is 12.1. The second-order valence-corrected chi connectivity index (χ2v) is 7.56. The van der Waals surface area contributed by atoms with Crippen molar-refractivity contribution in [2.75, 3.05) is 19.6 Å². The Balaban J connectivity index is 1.36. The standard InChI is InChI=1S/C23H28N4O2/c1-3-13-24-23(28)26-15-11-21(12-16-26)29-20-7-4-18(5-8-20)22-9-6-19-10-14-25-27(19)17(22)2/h4-10,14,21H,3,11-13,15-16H2,1-2H3,(H,24,28). The van der Waals surface area contributed by atoms with Gasteiger partial charge in [-0.3, -0.25) is 0 Å². The molecule has 0 spiro atoms. The van der Waals surface area contributed by atoms with E-state index in [1.54, 1.807) is 0 Å². The van der Waals surface area contributed by atoms with Gasteiger partial charge >= 0.3 is 6.03 Å². The maximum absolute atomic E-state index is 12.1. The van der Waals surface area contributed by atoms with Crippen LogP contribution in [0.15, 0.2) is 48.7 Å². The fourth-order valence-corrected chi connectivity index (χ4v) is 3.85. The van der Waals surface area contributed by atoms with Crippen LogP contribution in [0, 0.1) is 6.92 Å². The summed E-state index contributed by atoms with van der Waals surface area (Å²) in [5.74, 6) is 0.875. The van der Waals surface area contributed by atoms with Crippen LogP contribution in [0.25, 0.3) is 16.6 Å². The number of piperidine rings is 1. The number of pyridine rings is 1.